The van der Waals surface area contributed by atoms with Crippen molar-refractivity contribution in [2.45, 2.75) is 20.8 Å². The number of anilines is 2. The van der Waals surface area contributed by atoms with Gasteiger partial charge in [-0.25, -0.2) is 9.97 Å². The van der Waals surface area contributed by atoms with Gasteiger partial charge in [-0.3, -0.25) is 0 Å². The van der Waals surface area contributed by atoms with Crippen molar-refractivity contribution in [1.29, 1.82) is 0 Å². The van der Waals surface area contributed by atoms with Crippen LogP contribution in [0.1, 0.15) is 17.4 Å². The summed E-state index contributed by atoms with van der Waals surface area (Å²) in [5, 5.41) is 4.48. The predicted octanol–water partition coefficient (Wildman–Crippen LogP) is 4.87. The van der Waals surface area contributed by atoms with Gasteiger partial charge >= 0.3 is 0 Å². The maximum Gasteiger partial charge on any atom is 0.142 e. The number of fused-ring (bicyclic) bond motifs is 1. The zero-order valence-corrected chi connectivity index (χ0v) is 14.3. The lowest BCUT2D eigenvalue weighted by molar-refractivity contribution is 0.340. The molecular formula is C16H18ClN3OS. The molecule has 0 saturated heterocycles. The smallest absolute Gasteiger partial charge is 0.142 e. The van der Waals surface area contributed by atoms with Crippen molar-refractivity contribution in [1.82, 2.24) is 9.97 Å². The fourth-order valence-electron chi connectivity index (χ4n) is 2.22. The highest BCUT2D eigenvalue weighted by Crippen LogP contribution is 2.33. The normalized spacial score (nSPS) is 10.3. The quantitative estimate of drug-likeness (QED) is 0.738. The first-order valence-electron chi connectivity index (χ1n) is 6.89. The summed E-state index contributed by atoms with van der Waals surface area (Å²) in [6.07, 6.45) is 1.61. The Hall–Kier alpha value is -1.85. The van der Waals surface area contributed by atoms with E-state index in [2.05, 4.69) is 29.1 Å². The molecule has 4 nitrogen and oxygen atoms in total. The van der Waals surface area contributed by atoms with Gasteiger partial charge in [-0.1, -0.05) is 0 Å². The van der Waals surface area contributed by atoms with Gasteiger partial charge in [0.05, 0.1) is 12.0 Å². The lowest BCUT2D eigenvalue weighted by Crippen LogP contribution is -1.96. The van der Waals surface area contributed by atoms with Crippen LogP contribution in [0.5, 0.6) is 5.75 Å². The van der Waals surface area contributed by atoms with Gasteiger partial charge in [0, 0.05) is 10.6 Å². The number of benzene rings is 1. The van der Waals surface area contributed by atoms with Gasteiger partial charge in [0.1, 0.15) is 22.7 Å². The Morgan fingerprint density at radius 3 is 2.55 bits per heavy atom. The minimum absolute atomic E-state index is 0. The van der Waals surface area contributed by atoms with Crippen molar-refractivity contribution >= 4 is 45.5 Å². The second-order valence-electron chi connectivity index (χ2n) is 4.77. The molecule has 0 spiro atoms. The largest absolute Gasteiger partial charge is 0.494 e. The summed E-state index contributed by atoms with van der Waals surface area (Å²) in [5.41, 5.74) is 2.23. The molecule has 2 heterocycles. The lowest BCUT2D eigenvalue weighted by Gasteiger charge is -2.08. The number of nitrogens with zero attached hydrogens (tertiary/aromatic N) is 2. The van der Waals surface area contributed by atoms with Crippen LogP contribution in [0.2, 0.25) is 0 Å². The van der Waals surface area contributed by atoms with E-state index in [0.29, 0.717) is 6.61 Å². The number of rotatable bonds is 4. The van der Waals surface area contributed by atoms with Gasteiger partial charge < -0.3 is 10.1 Å². The van der Waals surface area contributed by atoms with Gasteiger partial charge in [-0.15, -0.1) is 23.7 Å². The van der Waals surface area contributed by atoms with Gasteiger partial charge in [0.25, 0.3) is 0 Å². The molecule has 0 unspecified atom stereocenters. The minimum Gasteiger partial charge on any atom is -0.494 e. The van der Waals surface area contributed by atoms with E-state index in [1.807, 2.05) is 31.2 Å². The molecule has 0 amide bonds. The van der Waals surface area contributed by atoms with Crippen LogP contribution >= 0.6 is 23.7 Å². The first-order valence-corrected chi connectivity index (χ1v) is 7.71. The predicted molar refractivity (Wildman–Crippen MR) is 95.0 cm³/mol. The zero-order chi connectivity index (χ0) is 14.8. The van der Waals surface area contributed by atoms with Crippen LogP contribution in [-0.2, 0) is 0 Å². The molecule has 0 aliphatic heterocycles. The third-order valence-electron chi connectivity index (χ3n) is 3.39. The summed E-state index contributed by atoms with van der Waals surface area (Å²) in [4.78, 5) is 11.0. The Morgan fingerprint density at radius 1 is 1.14 bits per heavy atom. The minimum atomic E-state index is 0. The van der Waals surface area contributed by atoms with E-state index >= 15 is 0 Å². The van der Waals surface area contributed by atoms with Crippen LogP contribution in [0.4, 0.5) is 11.5 Å². The highest BCUT2D eigenvalue weighted by molar-refractivity contribution is 7.18. The summed E-state index contributed by atoms with van der Waals surface area (Å²) in [6.45, 7) is 6.88. The summed E-state index contributed by atoms with van der Waals surface area (Å²) >= 11 is 1.70. The van der Waals surface area contributed by atoms with Crippen LogP contribution in [0.25, 0.3) is 10.2 Å². The highest BCUT2D eigenvalue weighted by Gasteiger charge is 2.11. The van der Waals surface area contributed by atoms with Crippen LogP contribution < -0.4 is 10.1 Å². The third-order valence-corrected chi connectivity index (χ3v) is 4.51. The summed E-state index contributed by atoms with van der Waals surface area (Å²) in [7, 11) is 0. The van der Waals surface area contributed by atoms with Gasteiger partial charge in [0.15, 0.2) is 0 Å². The molecular weight excluding hydrogens is 318 g/mol. The number of hydrogen-bond acceptors (Lipinski definition) is 5. The molecule has 0 aliphatic carbocycles. The number of thiophene rings is 1. The highest BCUT2D eigenvalue weighted by atomic mass is 35.5. The van der Waals surface area contributed by atoms with Crippen LogP contribution in [0.15, 0.2) is 30.6 Å². The molecule has 0 bridgehead atoms. The molecule has 3 aromatic rings. The second kappa shape index (κ2) is 6.94. The number of ether oxygens (including phenoxy) is 1. The Labute approximate surface area is 140 Å². The first-order chi connectivity index (χ1) is 10.2. The van der Waals surface area contributed by atoms with Crippen LogP contribution in [0.3, 0.4) is 0 Å². The molecule has 1 aromatic carbocycles. The molecule has 0 atom stereocenters. The summed E-state index contributed by atoms with van der Waals surface area (Å²) in [5.74, 6) is 1.73. The maximum atomic E-state index is 5.45. The molecule has 2 aromatic heterocycles. The fourth-order valence-corrected chi connectivity index (χ4v) is 3.21. The Balaban J connectivity index is 0.00000176. The topological polar surface area (TPSA) is 47.0 Å². The van der Waals surface area contributed by atoms with Crippen molar-refractivity contribution < 1.29 is 4.74 Å². The molecule has 116 valence electrons. The number of aryl methyl sites for hydroxylation is 2. The van der Waals surface area contributed by atoms with Crippen LogP contribution in [-0.4, -0.2) is 16.6 Å². The molecule has 0 radical (unpaired) electrons. The van der Waals surface area contributed by atoms with E-state index in [-0.39, 0.29) is 12.4 Å². The van der Waals surface area contributed by atoms with Gasteiger partial charge in [-0.05, 0) is 50.6 Å². The monoisotopic (exact) mass is 335 g/mol. The van der Waals surface area contributed by atoms with Crippen molar-refractivity contribution in [2.24, 2.45) is 0 Å². The van der Waals surface area contributed by atoms with E-state index in [1.165, 1.54) is 10.4 Å². The third kappa shape index (κ3) is 3.15. The van der Waals surface area contributed by atoms with Gasteiger partial charge in [-0.2, -0.15) is 0 Å². The SMILES string of the molecule is CCOc1ccc(Nc2ncnc3sc(C)c(C)c23)cc1.Cl. The molecule has 6 heteroatoms. The van der Waals surface area contributed by atoms with Crippen LogP contribution in [0, 0.1) is 13.8 Å². The molecule has 0 saturated carbocycles. The summed E-state index contributed by atoms with van der Waals surface area (Å²) in [6, 6.07) is 7.90. The molecule has 0 aliphatic rings. The van der Waals surface area contributed by atoms with Crippen molar-refractivity contribution in [3.8, 4) is 5.75 Å². The molecule has 0 fully saturated rings. The van der Waals surface area contributed by atoms with E-state index in [9.17, 15) is 0 Å². The van der Waals surface area contributed by atoms with E-state index < -0.39 is 0 Å². The maximum absolute atomic E-state index is 5.45. The molecule has 1 N–H and O–H groups in total. The van der Waals surface area contributed by atoms with Crippen molar-refractivity contribution in [3.63, 3.8) is 0 Å². The fraction of sp³-hybridized carbons (Fsp3) is 0.250. The number of hydrogen-bond donors (Lipinski definition) is 1. The van der Waals surface area contributed by atoms with E-state index in [0.717, 1.165) is 27.5 Å². The number of nitrogens with one attached hydrogen (secondary N) is 1. The number of halogens is 1. The van der Waals surface area contributed by atoms with Crippen molar-refractivity contribution in [3.05, 3.63) is 41.0 Å². The van der Waals surface area contributed by atoms with Crippen molar-refractivity contribution in [2.75, 3.05) is 11.9 Å². The average Bonchev–Trinajstić information content (AvgIpc) is 2.78. The summed E-state index contributed by atoms with van der Waals surface area (Å²) < 4.78 is 5.45. The first kappa shape index (κ1) is 16.5. The Bertz CT molecular complexity index is 771. The van der Waals surface area contributed by atoms with E-state index in [1.54, 1.807) is 17.7 Å². The zero-order valence-electron chi connectivity index (χ0n) is 12.7. The standard InChI is InChI=1S/C16H17N3OS.ClH/c1-4-20-13-7-5-12(6-8-13)19-15-14-10(2)11(3)21-16(14)18-9-17-15;/h5-9H,4H2,1-3H3,(H,17,18,19);1H. The average molecular weight is 336 g/mol. The Morgan fingerprint density at radius 2 is 1.86 bits per heavy atom. The lowest BCUT2D eigenvalue weighted by atomic mass is 10.2. The molecule has 3 rings (SSSR count). The van der Waals surface area contributed by atoms with E-state index in [4.69, 9.17) is 4.74 Å². The number of aromatic nitrogens is 2. The Kier molecular flexibility index (Phi) is 5.21. The second-order valence-corrected chi connectivity index (χ2v) is 5.97. The molecule has 22 heavy (non-hydrogen) atoms. The van der Waals surface area contributed by atoms with Gasteiger partial charge in [0.2, 0.25) is 0 Å².